The molecule has 0 aliphatic carbocycles. The van der Waals surface area contributed by atoms with Gasteiger partial charge < -0.3 is 10.2 Å². The van der Waals surface area contributed by atoms with Gasteiger partial charge in [0.25, 0.3) is 0 Å². The lowest BCUT2D eigenvalue weighted by Gasteiger charge is -2.16. The summed E-state index contributed by atoms with van der Waals surface area (Å²) in [5.41, 5.74) is 0.507. The van der Waals surface area contributed by atoms with Gasteiger partial charge in [0.2, 0.25) is 17.2 Å². The molecule has 1 saturated heterocycles. The quantitative estimate of drug-likeness (QED) is 0.932. The van der Waals surface area contributed by atoms with Crippen molar-refractivity contribution in [1.29, 1.82) is 0 Å². The maximum Gasteiger partial charge on any atom is 0.233 e. The number of benzene rings is 1. The first-order valence-electron chi connectivity index (χ1n) is 6.50. The number of hydrogen-bond acceptors (Lipinski definition) is 5. The zero-order valence-electron chi connectivity index (χ0n) is 11.0. The molecule has 2 aromatic rings. The monoisotopic (exact) mass is 327 g/mol. The first kappa shape index (κ1) is 14.3. The van der Waals surface area contributed by atoms with Crippen LogP contribution in [0.15, 0.2) is 18.2 Å². The van der Waals surface area contributed by atoms with Gasteiger partial charge in [-0.2, -0.15) is 15.0 Å². The fourth-order valence-electron chi connectivity index (χ4n) is 2.17. The number of nitrogens with zero attached hydrogens (tertiary/aromatic N) is 4. The van der Waals surface area contributed by atoms with E-state index in [9.17, 15) is 4.39 Å². The van der Waals surface area contributed by atoms with Gasteiger partial charge in [-0.25, -0.2) is 4.39 Å². The average Bonchev–Trinajstić information content (AvgIpc) is 2.95. The van der Waals surface area contributed by atoms with E-state index in [4.69, 9.17) is 23.2 Å². The molecule has 0 bridgehead atoms. The Morgan fingerprint density at radius 1 is 1.10 bits per heavy atom. The number of rotatable bonds is 3. The summed E-state index contributed by atoms with van der Waals surface area (Å²) in [5.74, 6) is 0.413. The molecule has 21 heavy (non-hydrogen) atoms. The van der Waals surface area contributed by atoms with E-state index in [2.05, 4.69) is 20.3 Å². The first-order chi connectivity index (χ1) is 10.1. The molecular formula is C13H12Cl2FN5. The lowest BCUT2D eigenvalue weighted by atomic mass is 10.3. The van der Waals surface area contributed by atoms with Gasteiger partial charge in [0, 0.05) is 13.1 Å². The van der Waals surface area contributed by atoms with Crippen LogP contribution in [-0.2, 0) is 0 Å². The SMILES string of the molecule is Fc1ccc(Nc2nc(Cl)nc(N3CCCC3)n2)c(Cl)c1. The van der Waals surface area contributed by atoms with E-state index in [0.29, 0.717) is 11.6 Å². The summed E-state index contributed by atoms with van der Waals surface area (Å²) >= 11 is 11.9. The van der Waals surface area contributed by atoms with E-state index >= 15 is 0 Å². The van der Waals surface area contributed by atoms with Gasteiger partial charge in [-0.15, -0.1) is 0 Å². The molecule has 1 aliphatic rings. The Balaban J connectivity index is 1.87. The largest absolute Gasteiger partial charge is 0.341 e. The summed E-state index contributed by atoms with van der Waals surface area (Å²) in [5, 5.41) is 3.28. The van der Waals surface area contributed by atoms with Crippen molar-refractivity contribution in [2.45, 2.75) is 12.8 Å². The fourth-order valence-corrected chi connectivity index (χ4v) is 2.54. The van der Waals surface area contributed by atoms with Crippen LogP contribution >= 0.6 is 23.2 Å². The van der Waals surface area contributed by atoms with Crippen molar-refractivity contribution >= 4 is 40.8 Å². The Labute approximate surface area is 131 Å². The summed E-state index contributed by atoms with van der Waals surface area (Å²) in [6.45, 7) is 1.80. The zero-order chi connectivity index (χ0) is 14.8. The molecule has 1 aromatic heterocycles. The van der Waals surface area contributed by atoms with Crippen LogP contribution in [0.4, 0.5) is 22.0 Å². The molecule has 1 aliphatic heterocycles. The molecule has 8 heteroatoms. The third kappa shape index (κ3) is 3.33. The van der Waals surface area contributed by atoms with E-state index < -0.39 is 5.82 Å². The Hall–Kier alpha value is -1.66. The lowest BCUT2D eigenvalue weighted by molar-refractivity contribution is 0.628. The molecule has 5 nitrogen and oxygen atoms in total. The van der Waals surface area contributed by atoms with Gasteiger partial charge in [-0.3, -0.25) is 0 Å². The predicted octanol–water partition coefficient (Wildman–Crippen LogP) is 3.66. The molecule has 2 heterocycles. The minimum atomic E-state index is -0.406. The first-order valence-corrected chi connectivity index (χ1v) is 7.26. The molecule has 0 saturated carbocycles. The summed E-state index contributed by atoms with van der Waals surface area (Å²) < 4.78 is 13.0. The Bertz CT molecular complexity index is 661. The van der Waals surface area contributed by atoms with Gasteiger partial charge in [-0.1, -0.05) is 11.6 Å². The highest BCUT2D eigenvalue weighted by Gasteiger charge is 2.17. The number of halogens is 3. The van der Waals surface area contributed by atoms with Crippen LogP contribution < -0.4 is 10.2 Å². The van der Waals surface area contributed by atoms with Gasteiger partial charge in [0.15, 0.2) is 0 Å². The van der Waals surface area contributed by atoms with Crippen LogP contribution in [0.25, 0.3) is 0 Å². The van der Waals surface area contributed by atoms with E-state index in [1.54, 1.807) is 0 Å². The van der Waals surface area contributed by atoms with Crippen LogP contribution in [0.3, 0.4) is 0 Å². The fraction of sp³-hybridized carbons (Fsp3) is 0.308. The molecule has 3 rings (SSSR count). The van der Waals surface area contributed by atoms with Crippen molar-refractivity contribution in [3.05, 3.63) is 34.3 Å². The molecule has 0 unspecified atom stereocenters. The second-order valence-electron chi connectivity index (χ2n) is 4.67. The van der Waals surface area contributed by atoms with Gasteiger partial charge in [-0.05, 0) is 42.6 Å². The summed E-state index contributed by atoms with van der Waals surface area (Å²) in [6.07, 6.45) is 2.21. The average molecular weight is 328 g/mol. The van der Waals surface area contributed by atoms with Gasteiger partial charge >= 0.3 is 0 Å². The number of aromatic nitrogens is 3. The number of hydrogen-bond donors (Lipinski definition) is 1. The topological polar surface area (TPSA) is 53.9 Å². The molecule has 1 aromatic carbocycles. The van der Waals surface area contributed by atoms with Crippen molar-refractivity contribution in [3.8, 4) is 0 Å². The van der Waals surface area contributed by atoms with Crippen molar-refractivity contribution in [2.24, 2.45) is 0 Å². The highest BCUT2D eigenvalue weighted by molar-refractivity contribution is 6.33. The number of anilines is 3. The minimum absolute atomic E-state index is 0.104. The zero-order valence-corrected chi connectivity index (χ0v) is 12.5. The Morgan fingerprint density at radius 3 is 2.57 bits per heavy atom. The summed E-state index contributed by atoms with van der Waals surface area (Å²) in [7, 11) is 0. The number of nitrogens with one attached hydrogen (secondary N) is 1. The maximum absolute atomic E-state index is 13.0. The second kappa shape index (κ2) is 5.99. The minimum Gasteiger partial charge on any atom is -0.341 e. The third-order valence-electron chi connectivity index (χ3n) is 3.16. The highest BCUT2D eigenvalue weighted by atomic mass is 35.5. The smallest absolute Gasteiger partial charge is 0.233 e. The van der Waals surface area contributed by atoms with Crippen molar-refractivity contribution in [2.75, 3.05) is 23.3 Å². The standard InChI is InChI=1S/C13H12Cl2FN5/c14-9-7-8(16)3-4-10(9)17-12-18-11(15)19-13(20-12)21-5-1-2-6-21/h3-4,7H,1-2,5-6H2,(H,17,18,19,20). The molecule has 0 radical (unpaired) electrons. The van der Waals surface area contributed by atoms with Crippen molar-refractivity contribution < 1.29 is 4.39 Å². The van der Waals surface area contributed by atoms with Crippen molar-refractivity contribution in [1.82, 2.24) is 15.0 Å². The van der Waals surface area contributed by atoms with Crippen molar-refractivity contribution in [3.63, 3.8) is 0 Å². The Kier molecular flexibility index (Phi) is 4.07. The Morgan fingerprint density at radius 2 is 1.86 bits per heavy atom. The molecule has 1 fully saturated rings. The lowest BCUT2D eigenvalue weighted by Crippen LogP contribution is -2.21. The summed E-state index contributed by atoms with van der Waals surface area (Å²) in [4.78, 5) is 14.5. The van der Waals surface area contributed by atoms with Crippen LogP contribution in [0.1, 0.15) is 12.8 Å². The van der Waals surface area contributed by atoms with Gasteiger partial charge in [0.05, 0.1) is 10.7 Å². The van der Waals surface area contributed by atoms with Crippen LogP contribution in [0.5, 0.6) is 0 Å². The summed E-state index contributed by atoms with van der Waals surface area (Å²) in [6, 6.07) is 4.04. The molecule has 0 spiro atoms. The van der Waals surface area contributed by atoms with E-state index in [-0.39, 0.29) is 16.3 Å². The molecule has 110 valence electrons. The normalized spacial score (nSPS) is 14.5. The van der Waals surface area contributed by atoms with Crippen LogP contribution in [-0.4, -0.2) is 28.0 Å². The third-order valence-corrected chi connectivity index (χ3v) is 3.64. The molecular weight excluding hydrogens is 316 g/mol. The highest BCUT2D eigenvalue weighted by Crippen LogP contribution is 2.26. The van der Waals surface area contributed by atoms with E-state index in [1.807, 2.05) is 4.90 Å². The molecule has 0 atom stereocenters. The maximum atomic E-state index is 13.0. The van der Waals surface area contributed by atoms with Gasteiger partial charge in [0.1, 0.15) is 5.82 Å². The van der Waals surface area contributed by atoms with Crippen LogP contribution in [0, 0.1) is 5.82 Å². The predicted molar refractivity (Wildman–Crippen MR) is 81.0 cm³/mol. The van der Waals surface area contributed by atoms with Crippen LogP contribution in [0.2, 0.25) is 10.3 Å². The van der Waals surface area contributed by atoms with E-state index in [0.717, 1.165) is 25.9 Å². The second-order valence-corrected chi connectivity index (χ2v) is 5.42. The molecule has 0 amide bonds. The van der Waals surface area contributed by atoms with E-state index in [1.165, 1.54) is 18.2 Å². The molecule has 1 N–H and O–H groups in total.